The predicted molar refractivity (Wildman–Crippen MR) is 84.0 cm³/mol. The third kappa shape index (κ3) is 3.16. The smallest absolute Gasteiger partial charge is 0.0997 e. The zero-order chi connectivity index (χ0) is 14.7. The average Bonchev–Trinajstić information content (AvgIpc) is 2.93. The van der Waals surface area contributed by atoms with Crippen LogP contribution in [0.2, 0.25) is 0 Å². The van der Waals surface area contributed by atoms with Crippen molar-refractivity contribution in [2.45, 2.75) is 58.0 Å². The molecule has 0 radical (unpaired) electrons. The Bertz CT molecular complexity index is 579. The number of nitrogens with zero attached hydrogens (tertiary/aromatic N) is 3. The van der Waals surface area contributed by atoms with Crippen LogP contribution in [0, 0.1) is 6.92 Å². The number of rotatable bonds is 4. The largest absolute Gasteiger partial charge is 0.325 e. The van der Waals surface area contributed by atoms with Crippen molar-refractivity contribution < 1.29 is 0 Å². The molecular weight excluding hydrogens is 260 g/mol. The predicted octanol–water partition coefficient (Wildman–Crippen LogP) is 3.14. The monoisotopic (exact) mass is 284 g/mol. The zero-order valence-corrected chi connectivity index (χ0v) is 12.8. The van der Waals surface area contributed by atoms with E-state index in [1.54, 1.807) is 0 Å². The van der Waals surface area contributed by atoms with Gasteiger partial charge in [0.2, 0.25) is 0 Å². The van der Waals surface area contributed by atoms with Crippen molar-refractivity contribution in [3.63, 3.8) is 0 Å². The molecule has 0 atom stereocenters. The Hall–Kier alpha value is -1.68. The normalized spacial score (nSPS) is 16.3. The van der Waals surface area contributed by atoms with Crippen molar-refractivity contribution in [3.8, 4) is 0 Å². The van der Waals surface area contributed by atoms with Gasteiger partial charge in [-0.05, 0) is 25.3 Å². The molecule has 0 unspecified atom stereocenters. The fourth-order valence-corrected chi connectivity index (χ4v) is 3.31. The molecule has 3 rings (SSSR count). The van der Waals surface area contributed by atoms with Gasteiger partial charge in [0.25, 0.3) is 0 Å². The summed E-state index contributed by atoms with van der Waals surface area (Å²) in [6, 6.07) is 8.64. The maximum Gasteiger partial charge on any atom is 0.0997 e. The summed E-state index contributed by atoms with van der Waals surface area (Å²) in [5.41, 5.74) is 10.7. The second-order valence-corrected chi connectivity index (χ2v) is 6.10. The molecule has 1 fully saturated rings. The lowest BCUT2D eigenvalue weighted by Crippen LogP contribution is -2.15. The summed E-state index contributed by atoms with van der Waals surface area (Å²) in [4.78, 5) is 0. The molecule has 2 N–H and O–H groups in total. The summed E-state index contributed by atoms with van der Waals surface area (Å²) >= 11 is 0. The van der Waals surface area contributed by atoms with E-state index >= 15 is 0 Å². The maximum atomic E-state index is 5.87. The fourth-order valence-electron chi connectivity index (χ4n) is 3.31. The van der Waals surface area contributed by atoms with Gasteiger partial charge in [0.05, 0.1) is 17.9 Å². The van der Waals surface area contributed by atoms with Gasteiger partial charge in [0.15, 0.2) is 0 Å². The van der Waals surface area contributed by atoms with Crippen LogP contribution >= 0.6 is 0 Å². The van der Waals surface area contributed by atoms with Gasteiger partial charge in [-0.15, -0.1) is 5.10 Å². The van der Waals surface area contributed by atoms with Gasteiger partial charge in [-0.1, -0.05) is 54.3 Å². The molecular formula is C17H24N4. The topological polar surface area (TPSA) is 56.7 Å². The van der Waals surface area contributed by atoms with E-state index in [-0.39, 0.29) is 0 Å². The standard InChI is InChI=1S/C17H24N4/c1-13-7-9-14(10-8-13)12-21-17(16(11-18)19-20-21)15-5-3-2-4-6-15/h7-10,15H,2-6,11-12,18H2,1H3. The Kier molecular flexibility index (Phi) is 4.34. The molecule has 21 heavy (non-hydrogen) atoms. The number of benzene rings is 1. The van der Waals surface area contributed by atoms with Crippen LogP contribution in [0.25, 0.3) is 0 Å². The fraction of sp³-hybridized carbons (Fsp3) is 0.529. The number of nitrogens with two attached hydrogens (primary N) is 1. The van der Waals surface area contributed by atoms with Crippen molar-refractivity contribution in [1.82, 2.24) is 15.0 Å². The molecule has 4 nitrogen and oxygen atoms in total. The molecule has 4 heteroatoms. The highest BCUT2D eigenvalue weighted by Gasteiger charge is 2.23. The Labute approximate surface area is 126 Å². The maximum absolute atomic E-state index is 5.87. The summed E-state index contributed by atoms with van der Waals surface area (Å²) in [6.45, 7) is 3.39. The zero-order valence-electron chi connectivity index (χ0n) is 12.8. The summed E-state index contributed by atoms with van der Waals surface area (Å²) in [6.07, 6.45) is 6.46. The quantitative estimate of drug-likeness (QED) is 0.938. The molecule has 1 saturated carbocycles. The highest BCUT2D eigenvalue weighted by molar-refractivity contribution is 5.23. The van der Waals surface area contributed by atoms with Crippen LogP contribution in [0.4, 0.5) is 0 Å². The van der Waals surface area contributed by atoms with Gasteiger partial charge < -0.3 is 5.73 Å². The molecule has 0 saturated heterocycles. The average molecular weight is 284 g/mol. The van der Waals surface area contributed by atoms with E-state index in [9.17, 15) is 0 Å². The van der Waals surface area contributed by atoms with Gasteiger partial charge in [0, 0.05) is 12.5 Å². The van der Waals surface area contributed by atoms with Gasteiger partial charge in [-0.3, -0.25) is 0 Å². The minimum absolute atomic E-state index is 0.486. The molecule has 1 heterocycles. The minimum atomic E-state index is 0.486. The Balaban J connectivity index is 1.87. The minimum Gasteiger partial charge on any atom is -0.325 e. The van der Waals surface area contributed by atoms with Crippen LogP contribution in [0.5, 0.6) is 0 Å². The van der Waals surface area contributed by atoms with Crippen molar-refractivity contribution in [3.05, 3.63) is 46.8 Å². The summed E-state index contributed by atoms with van der Waals surface area (Å²) < 4.78 is 2.07. The molecule has 1 aromatic carbocycles. The Morgan fingerprint density at radius 2 is 1.86 bits per heavy atom. The summed E-state index contributed by atoms with van der Waals surface area (Å²) in [5, 5.41) is 8.68. The van der Waals surface area contributed by atoms with E-state index in [2.05, 4.69) is 46.2 Å². The second-order valence-electron chi connectivity index (χ2n) is 6.10. The van der Waals surface area contributed by atoms with E-state index < -0.39 is 0 Å². The van der Waals surface area contributed by atoms with Crippen LogP contribution in [0.3, 0.4) is 0 Å². The van der Waals surface area contributed by atoms with Gasteiger partial charge in [-0.2, -0.15) is 0 Å². The van der Waals surface area contributed by atoms with E-state index in [4.69, 9.17) is 5.73 Å². The van der Waals surface area contributed by atoms with Crippen LogP contribution in [-0.4, -0.2) is 15.0 Å². The Morgan fingerprint density at radius 1 is 1.14 bits per heavy atom. The van der Waals surface area contributed by atoms with Crippen LogP contribution in [0.15, 0.2) is 24.3 Å². The third-order valence-corrected chi connectivity index (χ3v) is 4.49. The first-order chi connectivity index (χ1) is 10.3. The third-order valence-electron chi connectivity index (χ3n) is 4.49. The van der Waals surface area contributed by atoms with Gasteiger partial charge >= 0.3 is 0 Å². The molecule has 112 valence electrons. The number of hydrogen-bond donors (Lipinski definition) is 1. The highest BCUT2D eigenvalue weighted by atomic mass is 15.4. The van der Waals surface area contributed by atoms with E-state index in [1.165, 1.54) is 48.9 Å². The van der Waals surface area contributed by atoms with E-state index in [0.717, 1.165) is 12.2 Å². The molecule has 0 aliphatic heterocycles. The van der Waals surface area contributed by atoms with Gasteiger partial charge in [0.1, 0.15) is 0 Å². The summed E-state index contributed by atoms with van der Waals surface area (Å²) in [7, 11) is 0. The first kappa shape index (κ1) is 14.3. The first-order valence-electron chi connectivity index (χ1n) is 7.96. The lowest BCUT2D eigenvalue weighted by atomic mass is 9.86. The number of aryl methyl sites for hydroxylation is 1. The van der Waals surface area contributed by atoms with Crippen LogP contribution in [-0.2, 0) is 13.1 Å². The van der Waals surface area contributed by atoms with Crippen molar-refractivity contribution in [2.75, 3.05) is 0 Å². The Morgan fingerprint density at radius 3 is 2.52 bits per heavy atom. The molecule has 0 amide bonds. The molecule has 1 aromatic heterocycles. The van der Waals surface area contributed by atoms with Crippen LogP contribution in [0.1, 0.15) is 60.5 Å². The van der Waals surface area contributed by atoms with E-state index in [1.807, 2.05) is 0 Å². The lowest BCUT2D eigenvalue weighted by molar-refractivity contribution is 0.417. The SMILES string of the molecule is Cc1ccc(Cn2nnc(CN)c2C2CCCCC2)cc1. The van der Waals surface area contributed by atoms with Crippen molar-refractivity contribution in [1.29, 1.82) is 0 Å². The highest BCUT2D eigenvalue weighted by Crippen LogP contribution is 2.34. The molecule has 0 bridgehead atoms. The molecule has 1 aliphatic rings. The first-order valence-corrected chi connectivity index (χ1v) is 7.96. The molecule has 1 aliphatic carbocycles. The number of aromatic nitrogens is 3. The van der Waals surface area contributed by atoms with E-state index in [0.29, 0.717) is 12.5 Å². The molecule has 0 spiro atoms. The second kappa shape index (κ2) is 6.39. The van der Waals surface area contributed by atoms with Crippen LogP contribution < -0.4 is 5.73 Å². The van der Waals surface area contributed by atoms with Gasteiger partial charge in [-0.25, -0.2) is 4.68 Å². The summed E-state index contributed by atoms with van der Waals surface area (Å²) in [5.74, 6) is 0.581. The van der Waals surface area contributed by atoms with Crippen molar-refractivity contribution in [2.24, 2.45) is 5.73 Å². The van der Waals surface area contributed by atoms with Crippen molar-refractivity contribution >= 4 is 0 Å². The number of hydrogen-bond acceptors (Lipinski definition) is 3. The lowest BCUT2D eigenvalue weighted by Gasteiger charge is -2.23. The molecule has 2 aromatic rings.